The van der Waals surface area contributed by atoms with Crippen molar-refractivity contribution in [1.82, 2.24) is 14.8 Å². The van der Waals surface area contributed by atoms with Gasteiger partial charge in [0.1, 0.15) is 0 Å². The third-order valence-corrected chi connectivity index (χ3v) is 6.51. The lowest BCUT2D eigenvalue weighted by Crippen LogP contribution is -2.59. The molecular formula is C21H28ClN3O4. The van der Waals surface area contributed by atoms with Gasteiger partial charge in [0.2, 0.25) is 5.91 Å². The summed E-state index contributed by atoms with van der Waals surface area (Å²) in [5.74, 6) is -0.509. The highest BCUT2D eigenvalue weighted by Gasteiger charge is 2.38. The molecule has 0 atom stereocenters. The molecule has 4 rings (SSSR count). The Hall–Kier alpha value is -1.83. The van der Waals surface area contributed by atoms with Gasteiger partial charge in [-0.25, -0.2) is 4.79 Å². The van der Waals surface area contributed by atoms with E-state index in [0.29, 0.717) is 22.7 Å². The lowest BCUT2D eigenvalue weighted by atomic mass is 9.79. The highest BCUT2D eigenvalue weighted by Crippen LogP contribution is 2.33. The molecule has 1 saturated heterocycles. The van der Waals surface area contributed by atoms with Crippen LogP contribution in [-0.4, -0.2) is 53.8 Å². The molecule has 0 spiro atoms. The van der Waals surface area contributed by atoms with E-state index in [9.17, 15) is 9.59 Å². The van der Waals surface area contributed by atoms with Gasteiger partial charge >= 0.3 is 5.76 Å². The molecule has 2 heterocycles. The second kappa shape index (κ2) is 8.90. The van der Waals surface area contributed by atoms with Crippen molar-refractivity contribution in [2.75, 3.05) is 32.8 Å². The van der Waals surface area contributed by atoms with Gasteiger partial charge in [0.15, 0.2) is 5.58 Å². The average molecular weight is 422 g/mol. The number of fused-ring (bicyclic) bond motifs is 1. The zero-order valence-corrected chi connectivity index (χ0v) is 17.4. The second-order valence-corrected chi connectivity index (χ2v) is 8.48. The number of aromatic nitrogens is 1. The van der Waals surface area contributed by atoms with Gasteiger partial charge in [0.25, 0.3) is 0 Å². The Labute approximate surface area is 174 Å². The molecule has 0 bridgehead atoms. The number of hydrogen-bond acceptors (Lipinski definition) is 5. The molecule has 1 amide bonds. The minimum Gasteiger partial charge on any atom is -0.408 e. The number of carbonyl (C=O) groups is 1. The number of carbonyl (C=O) groups excluding carboxylic acids is 1. The van der Waals surface area contributed by atoms with Gasteiger partial charge < -0.3 is 14.5 Å². The van der Waals surface area contributed by atoms with Crippen LogP contribution >= 0.6 is 11.6 Å². The SMILES string of the molecule is O=C(CCn1c(=O)oc2cc(Cl)ccc21)NCC1(N2CCOCC2)CCCCC1. The number of oxazole rings is 1. The summed E-state index contributed by atoms with van der Waals surface area (Å²) in [5.41, 5.74) is 1.13. The number of aryl methyl sites for hydroxylation is 1. The number of morpholine rings is 1. The lowest BCUT2D eigenvalue weighted by Gasteiger charge is -2.48. The van der Waals surface area contributed by atoms with Crippen molar-refractivity contribution in [2.24, 2.45) is 0 Å². The van der Waals surface area contributed by atoms with Crippen molar-refractivity contribution in [3.05, 3.63) is 33.8 Å². The maximum absolute atomic E-state index is 12.6. The van der Waals surface area contributed by atoms with Crippen LogP contribution in [0.1, 0.15) is 38.5 Å². The number of rotatable bonds is 6. The van der Waals surface area contributed by atoms with E-state index in [4.69, 9.17) is 20.8 Å². The Bertz CT molecular complexity index is 910. The Morgan fingerprint density at radius 2 is 1.93 bits per heavy atom. The number of nitrogens with zero attached hydrogens (tertiary/aromatic N) is 2. The van der Waals surface area contributed by atoms with Gasteiger partial charge in [-0.05, 0) is 25.0 Å². The van der Waals surface area contributed by atoms with E-state index < -0.39 is 5.76 Å². The van der Waals surface area contributed by atoms with Crippen molar-refractivity contribution in [1.29, 1.82) is 0 Å². The van der Waals surface area contributed by atoms with Crippen LogP contribution in [0.3, 0.4) is 0 Å². The van der Waals surface area contributed by atoms with Gasteiger partial charge in [-0.15, -0.1) is 0 Å². The van der Waals surface area contributed by atoms with Crippen LogP contribution < -0.4 is 11.1 Å². The third kappa shape index (κ3) is 4.52. The van der Waals surface area contributed by atoms with Crippen molar-refractivity contribution >= 4 is 28.6 Å². The molecule has 1 saturated carbocycles. The highest BCUT2D eigenvalue weighted by atomic mass is 35.5. The smallest absolute Gasteiger partial charge is 0.408 e. The van der Waals surface area contributed by atoms with Crippen molar-refractivity contribution < 1.29 is 13.9 Å². The van der Waals surface area contributed by atoms with E-state index in [1.54, 1.807) is 18.2 Å². The third-order valence-electron chi connectivity index (χ3n) is 6.27. The molecule has 2 aromatic rings. The molecule has 158 valence electrons. The highest BCUT2D eigenvalue weighted by molar-refractivity contribution is 6.31. The van der Waals surface area contributed by atoms with Crippen molar-refractivity contribution in [2.45, 2.75) is 50.6 Å². The summed E-state index contributed by atoms with van der Waals surface area (Å²) in [6, 6.07) is 5.07. The molecule has 0 unspecified atom stereocenters. The van der Waals surface area contributed by atoms with Gasteiger partial charge in [-0.2, -0.15) is 0 Å². The summed E-state index contributed by atoms with van der Waals surface area (Å²) in [6.07, 6.45) is 6.12. The minimum atomic E-state index is -0.466. The first-order valence-electron chi connectivity index (χ1n) is 10.5. The van der Waals surface area contributed by atoms with Gasteiger partial charge in [-0.3, -0.25) is 14.3 Å². The first-order chi connectivity index (χ1) is 14.1. The molecule has 0 radical (unpaired) electrons. The molecule has 29 heavy (non-hydrogen) atoms. The van der Waals surface area contributed by atoms with Crippen molar-refractivity contribution in [3.63, 3.8) is 0 Å². The number of halogens is 1. The van der Waals surface area contributed by atoms with E-state index in [2.05, 4.69) is 10.2 Å². The fraction of sp³-hybridized carbons (Fsp3) is 0.619. The molecule has 1 aliphatic carbocycles. The van der Waals surface area contributed by atoms with Crippen molar-refractivity contribution in [3.8, 4) is 0 Å². The normalized spacial score (nSPS) is 20.0. The zero-order chi connectivity index (χ0) is 20.3. The topological polar surface area (TPSA) is 76.7 Å². The maximum Gasteiger partial charge on any atom is 0.419 e. The summed E-state index contributed by atoms with van der Waals surface area (Å²) >= 11 is 5.95. The van der Waals surface area contributed by atoms with Gasteiger partial charge in [-0.1, -0.05) is 30.9 Å². The Kier molecular flexibility index (Phi) is 6.27. The molecule has 1 aromatic carbocycles. The summed E-state index contributed by atoms with van der Waals surface area (Å²) in [5, 5.41) is 3.65. The van der Waals surface area contributed by atoms with Crippen LogP contribution in [-0.2, 0) is 16.1 Å². The van der Waals surface area contributed by atoms with Gasteiger partial charge in [0.05, 0.1) is 18.7 Å². The van der Waals surface area contributed by atoms with Crippen LogP contribution in [0.4, 0.5) is 0 Å². The van der Waals surface area contributed by atoms with E-state index in [0.717, 1.165) is 39.1 Å². The summed E-state index contributed by atoms with van der Waals surface area (Å²) in [6.45, 7) is 4.31. The molecule has 8 heteroatoms. The molecule has 2 aliphatic rings. The molecule has 2 fully saturated rings. The number of ether oxygens (including phenoxy) is 1. The molecule has 1 aromatic heterocycles. The maximum atomic E-state index is 12.6. The summed E-state index contributed by atoms with van der Waals surface area (Å²) < 4.78 is 12.2. The van der Waals surface area contributed by atoms with Crippen LogP contribution in [0.25, 0.3) is 11.1 Å². The first kappa shape index (κ1) is 20.4. The first-order valence-corrected chi connectivity index (χ1v) is 10.8. The van der Waals surface area contributed by atoms with Crippen LogP contribution in [0.15, 0.2) is 27.4 Å². The number of amides is 1. The monoisotopic (exact) mass is 421 g/mol. The van der Waals surface area contributed by atoms with E-state index in [-0.39, 0.29) is 24.4 Å². The standard InChI is InChI=1S/C21H28ClN3O4/c22-16-4-5-17-18(14-16)29-20(27)25(17)9-6-19(26)23-15-21(7-2-1-3-8-21)24-10-12-28-13-11-24/h4-5,14H,1-3,6-13,15H2,(H,23,26). The van der Waals surface area contributed by atoms with Crippen LogP contribution in [0, 0.1) is 0 Å². The number of hydrogen-bond donors (Lipinski definition) is 1. The largest absolute Gasteiger partial charge is 0.419 e. The molecule has 1 aliphatic heterocycles. The van der Waals surface area contributed by atoms with E-state index in [1.165, 1.54) is 23.8 Å². The molecular weight excluding hydrogens is 394 g/mol. The fourth-order valence-electron chi connectivity index (χ4n) is 4.67. The predicted molar refractivity (Wildman–Crippen MR) is 111 cm³/mol. The lowest BCUT2D eigenvalue weighted by molar-refractivity contribution is -0.122. The average Bonchev–Trinajstić information content (AvgIpc) is 3.06. The Morgan fingerprint density at radius 1 is 1.17 bits per heavy atom. The van der Waals surface area contributed by atoms with Gasteiger partial charge in [0, 0.05) is 49.2 Å². The number of benzene rings is 1. The summed E-state index contributed by atoms with van der Waals surface area (Å²) in [7, 11) is 0. The predicted octanol–water partition coefficient (Wildman–Crippen LogP) is 2.79. The Morgan fingerprint density at radius 3 is 2.69 bits per heavy atom. The number of nitrogens with one attached hydrogen (secondary N) is 1. The quantitative estimate of drug-likeness (QED) is 0.776. The second-order valence-electron chi connectivity index (χ2n) is 8.04. The summed E-state index contributed by atoms with van der Waals surface area (Å²) in [4.78, 5) is 27.2. The molecule has 7 nitrogen and oxygen atoms in total. The Balaban J connectivity index is 1.38. The minimum absolute atomic E-state index is 0.0353. The van der Waals surface area contributed by atoms with Crippen LogP contribution in [0.5, 0.6) is 0 Å². The van der Waals surface area contributed by atoms with E-state index in [1.807, 2.05) is 0 Å². The fourth-order valence-corrected chi connectivity index (χ4v) is 4.83. The molecule has 1 N–H and O–H groups in total. The van der Waals surface area contributed by atoms with E-state index >= 15 is 0 Å². The van der Waals surface area contributed by atoms with Crippen LogP contribution in [0.2, 0.25) is 5.02 Å². The zero-order valence-electron chi connectivity index (χ0n) is 16.6.